The maximum atomic E-state index is 13.5. The molecule has 34 heavy (non-hydrogen) atoms. The average molecular weight is 502 g/mol. The van der Waals surface area contributed by atoms with Gasteiger partial charge in [-0.05, 0) is 55.5 Å². The van der Waals surface area contributed by atoms with Crippen LogP contribution in [0.5, 0.6) is 5.75 Å². The zero-order valence-corrected chi connectivity index (χ0v) is 20.7. The van der Waals surface area contributed by atoms with E-state index < -0.39 is 22.5 Å². The van der Waals surface area contributed by atoms with E-state index in [2.05, 4.69) is 5.32 Å². The number of carbonyl (C=O) groups is 1. The molecule has 0 aromatic heterocycles. The number of amides is 1. The molecule has 7 nitrogen and oxygen atoms in total. The van der Waals surface area contributed by atoms with Crippen molar-refractivity contribution in [2.45, 2.75) is 11.8 Å². The maximum Gasteiger partial charge on any atom is 0.264 e. The molecule has 0 aliphatic heterocycles. The molecule has 0 saturated carbocycles. The van der Waals surface area contributed by atoms with E-state index in [4.69, 9.17) is 16.3 Å². The van der Waals surface area contributed by atoms with E-state index in [1.54, 1.807) is 24.3 Å². The summed E-state index contributed by atoms with van der Waals surface area (Å²) in [7, 11) is -2.14. The molecule has 9 heteroatoms. The van der Waals surface area contributed by atoms with Crippen molar-refractivity contribution < 1.29 is 17.9 Å². The molecular weight excluding hydrogens is 474 g/mol. The van der Waals surface area contributed by atoms with E-state index in [1.807, 2.05) is 49.2 Å². The number of para-hydroxylation sites is 3. The summed E-state index contributed by atoms with van der Waals surface area (Å²) in [6.07, 6.45) is 0. The van der Waals surface area contributed by atoms with Crippen LogP contribution in [0.2, 0.25) is 5.02 Å². The smallest absolute Gasteiger partial charge is 0.264 e. The Morgan fingerprint density at radius 1 is 0.971 bits per heavy atom. The van der Waals surface area contributed by atoms with Crippen LogP contribution in [0.25, 0.3) is 0 Å². The van der Waals surface area contributed by atoms with E-state index in [0.29, 0.717) is 30.5 Å². The molecule has 3 aromatic carbocycles. The fourth-order valence-corrected chi connectivity index (χ4v) is 4.89. The number of hydrogen-bond donors (Lipinski definition) is 1. The van der Waals surface area contributed by atoms with Crippen molar-refractivity contribution in [2.24, 2.45) is 0 Å². The maximum absolute atomic E-state index is 13.5. The summed E-state index contributed by atoms with van der Waals surface area (Å²) in [5.74, 6) is -0.0514. The van der Waals surface area contributed by atoms with Crippen LogP contribution < -0.4 is 19.3 Å². The quantitative estimate of drug-likeness (QED) is 0.426. The predicted molar refractivity (Wildman–Crippen MR) is 136 cm³/mol. The summed E-state index contributed by atoms with van der Waals surface area (Å²) < 4.78 is 33.8. The van der Waals surface area contributed by atoms with E-state index in [9.17, 15) is 13.2 Å². The van der Waals surface area contributed by atoms with Gasteiger partial charge in [-0.1, -0.05) is 41.9 Å². The topological polar surface area (TPSA) is 79.0 Å². The highest BCUT2D eigenvalue weighted by molar-refractivity contribution is 7.92. The second-order valence-corrected chi connectivity index (χ2v) is 9.77. The van der Waals surface area contributed by atoms with Crippen LogP contribution >= 0.6 is 11.6 Å². The molecule has 0 radical (unpaired) electrons. The number of nitrogens with one attached hydrogen (secondary N) is 1. The Bertz CT molecular complexity index is 1190. The van der Waals surface area contributed by atoms with Crippen LogP contribution in [-0.2, 0) is 14.8 Å². The van der Waals surface area contributed by atoms with Crippen LogP contribution in [0.1, 0.15) is 6.92 Å². The highest BCUT2D eigenvalue weighted by Crippen LogP contribution is 2.32. The van der Waals surface area contributed by atoms with E-state index in [-0.39, 0.29) is 10.6 Å². The Morgan fingerprint density at radius 3 is 2.29 bits per heavy atom. The number of nitrogens with zero attached hydrogens (tertiary/aromatic N) is 2. The highest BCUT2D eigenvalue weighted by atomic mass is 35.5. The first-order chi connectivity index (χ1) is 16.3. The van der Waals surface area contributed by atoms with Crippen molar-refractivity contribution >= 4 is 38.9 Å². The van der Waals surface area contributed by atoms with Crippen LogP contribution in [0.4, 0.5) is 11.4 Å². The molecule has 1 N–H and O–H groups in total. The highest BCUT2D eigenvalue weighted by Gasteiger charge is 2.29. The third-order valence-electron chi connectivity index (χ3n) is 5.09. The molecule has 0 aliphatic carbocycles. The summed E-state index contributed by atoms with van der Waals surface area (Å²) in [5, 5.41) is 3.24. The Kier molecular flexibility index (Phi) is 8.79. The summed E-state index contributed by atoms with van der Waals surface area (Å²) >= 11 is 5.94. The zero-order valence-electron chi connectivity index (χ0n) is 19.1. The van der Waals surface area contributed by atoms with Crippen molar-refractivity contribution in [1.82, 2.24) is 5.32 Å². The Balaban J connectivity index is 1.80. The summed E-state index contributed by atoms with van der Waals surface area (Å²) in [4.78, 5) is 14.9. The molecule has 3 aromatic rings. The fraction of sp³-hybridized carbons (Fsp3) is 0.240. The number of benzene rings is 3. The second-order valence-electron chi connectivity index (χ2n) is 7.47. The van der Waals surface area contributed by atoms with E-state index in [1.165, 1.54) is 24.3 Å². The Labute approximate surface area is 206 Å². The molecule has 0 heterocycles. The van der Waals surface area contributed by atoms with Gasteiger partial charge in [-0.3, -0.25) is 9.10 Å². The molecule has 0 aliphatic rings. The number of carbonyl (C=O) groups excluding carboxylic acids is 1. The largest absolute Gasteiger partial charge is 0.492 e. The van der Waals surface area contributed by atoms with Crippen LogP contribution in [-0.4, -0.2) is 47.6 Å². The van der Waals surface area contributed by atoms with Crippen molar-refractivity contribution in [3.05, 3.63) is 83.9 Å². The standard InChI is InChI=1S/C25H28ClN3O4S/c1-3-33-24-12-8-7-11-23(24)29(34(31,32)22-15-13-20(26)14-16-22)19-25(30)27-17-18-28(2)21-9-5-4-6-10-21/h4-16H,3,17-19H2,1-2H3,(H,27,30). The zero-order chi connectivity index (χ0) is 24.6. The van der Waals surface area contributed by atoms with Gasteiger partial charge in [-0.25, -0.2) is 8.42 Å². The van der Waals surface area contributed by atoms with Crippen molar-refractivity contribution in [2.75, 3.05) is 42.5 Å². The third kappa shape index (κ3) is 6.42. The number of hydrogen-bond acceptors (Lipinski definition) is 5. The summed E-state index contributed by atoms with van der Waals surface area (Å²) in [6.45, 7) is 2.68. The van der Waals surface area contributed by atoms with Crippen LogP contribution in [0, 0.1) is 0 Å². The molecule has 0 unspecified atom stereocenters. The minimum absolute atomic E-state index is 0.0276. The number of halogens is 1. The van der Waals surface area contributed by atoms with Gasteiger partial charge in [0.1, 0.15) is 12.3 Å². The minimum Gasteiger partial charge on any atom is -0.492 e. The lowest BCUT2D eigenvalue weighted by Crippen LogP contribution is -2.42. The van der Waals surface area contributed by atoms with Gasteiger partial charge >= 0.3 is 0 Å². The van der Waals surface area contributed by atoms with Crippen molar-refractivity contribution in [1.29, 1.82) is 0 Å². The third-order valence-corrected chi connectivity index (χ3v) is 7.11. The number of rotatable bonds is 11. The van der Waals surface area contributed by atoms with Gasteiger partial charge in [-0.2, -0.15) is 0 Å². The van der Waals surface area contributed by atoms with Gasteiger partial charge < -0.3 is 15.0 Å². The van der Waals surface area contributed by atoms with E-state index in [0.717, 1.165) is 9.99 Å². The lowest BCUT2D eigenvalue weighted by Gasteiger charge is -2.26. The molecule has 0 fully saturated rings. The first-order valence-corrected chi connectivity index (χ1v) is 12.7. The molecule has 180 valence electrons. The number of anilines is 2. The lowest BCUT2D eigenvalue weighted by molar-refractivity contribution is -0.119. The first kappa shape index (κ1) is 25.4. The predicted octanol–water partition coefficient (Wildman–Crippen LogP) is 4.19. The van der Waals surface area contributed by atoms with Crippen molar-refractivity contribution in [3.63, 3.8) is 0 Å². The Hall–Kier alpha value is -3.23. The number of sulfonamides is 1. The van der Waals surface area contributed by atoms with Crippen LogP contribution in [0.3, 0.4) is 0 Å². The van der Waals surface area contributed by atoms with Gasteiger partial charge in [0.2, 0.25) is 5.91 Å². The lowest BCUT2D eigenvalue weighted by atomic mass is 10.3. The summed E-state index contributed by atoms with van der Waals surface area (Å²) in [5.41, 5.74) is 1.31. The molecule has 0 bridgehead atoms. The second kappa shape index (κ2) is 11.8. The minimum atomic E-state index is -4.07. The molecule has 1 amide bonds. The fourth-order valence-electron chi connectivity index (χ4n) is 3.34. The molecular formula is C25H28ClN3O4S. The van der Waals surface area contributed by atoms with Crippen LogP contribution in [0.15, 0.2) is 83.8 Å². The van der Waals surface area contributed by atoms with Gasteiger partial charge in [0.05, 0.1) is 17.2 Å². The van der Waals surface area contributed by atoms with Crippen molar-refractivity contribution in [3.8, 4) is 5.75 Å². The number of ether oxygens (including phenoxy) is 1. The molecule has 0 saturated heterocycles. The molecule has 3 rings (SSSR count). The molecule has 0 atom stereocenters. The monoisotopic (exact) mass is 501 g/mol. The molecule has 0 spiro atoms. The SMILES string of the molecule is CCOc1ccccc1N(CC(=O)NCCN(C)c1ccccc1)S(=O)(=O)c1ccc(Cl)cc1. The summed E-state index contributed by atoms with van der Waals surface area (Å²) in [6, 6.07) is 22.4. The van der Waals surface area contributed by atoms with E-state index >= 15 is 0 Å². The van der Waals surface area contributed by atoms with Gasteiger partial charge in [0.15, 0.2) is 0 Å². The normalized spacial score (nSPS) is 11.0. The van der Waals surface area contributed by atoms with Gasteiger partial charge in [0, 0.05) is 30.8 Å². The van der Waals surface area contributed by atoms with Gasteiger partial charge in [0.25, 0.3) is 10.0 Å². The van der Waals surface area contributed by atoms with Gasteiger partial charge in [-0.15, -0.1) is 0 Å². The first-order valence-electron chi connectivity index (χ1n) is 10.9. The number of likely N-dealkylation sites (N-methyl/N-ethyl adjacent to an activating group) is 1. The Morgan fingerprint density at radius 2 is 1.62 bits per heavy atom. The average Bonchev–Trinajstić information content (AvgIpc) is 2.84.